The molecule has 0 bridgehead atoms. The van der Waals surface area contributed by atoms with Gasteiger partial charge in [-0.1, -0.05) is 24.3 Å². The van der Waals surface area contributed by atoms with Crippen molar-refractivity contribution in [2.45, 2.75) is 19.1 Å². The minimum absolute atomic E-state index is 0.0701. The molecule has 142 valence electrons. The Morgan fingerprint density at radius 2 is 1.81 bits per heavy atom. The molecule has 1 heterocycles. The molecule has 0 aliphatic carbocycles. The number of rotatable bonds is 5. The summed E-state index contributed by atoms with van der Waals surface area (Å²) in [5.74, 6) is 0.0539. The highest BCUT2D eigenvalue weighted by molar-refractivity contribution is 5.98. The summed E-state index contributed by atoms with van der Waals surface area (Å²) in [7, 11) is 0. The van der Waals surface area contributed by atoms with Crippen molar-refractivity contribution in [2.24, 2.45) is 0 Å². The van der Waals surface area contributed by atoms with Crippen LogP contribution in [0.15, 0.2) is 48.5 Å². The summed E-state index contributed by atoms with van der Waals surface area (Å²) < 4.78 is 43.0. The molecule has 27 heavy (non-hydrogen) atoms. The third kappa shape index (κ3) is 4.58. The van der Waals surface area contributed by atoms with Gasteiger partial charge in [-0.25, -0.2) is 0 Å². The molecule has 2 aromatic rings. The van der Waals surface area contributed by atoms with E-state index in [0.717, 1.165) is 12.1 Å². The number of anilines is 1. The molecule has 0 atom stereocenters. The number of carbonyl (C=O) groups excluding carboxylic acids is 2. The van der Waals surface area contributed by atoms with Gasteiger partial charge in [0.25, 0.3) is 5.91 Å². The Kier molecular flexibility index (Phi) is 5.34. The van der Waals surface area contributed by atoms with Crippen LogP contribution < -0.4 is 15.0 Å². The maximum absolute atomic E-state index is 12.5. The number of benzene rings is 2. The first kappa shape index (κ1) is 18.8. The van der Waals surface area contributed by atoms with Crippen LogP contribution in [0.25, 0.3) is 0 Å². The SMILES string of the molecule is O=C(CCN1C(=O)COc2ccccc21)NCc1ccc(C(F)(F)F)cc1. The van der Waals surface area contributed by atoms with Crippen molar-refractivity contribution in [2.75, 3.05) is 18.1 Å². The average Bonchev–Trinajstić information content (AvgIpc) is 2.65. The van der Waals surface area contributed by atoms with E-state index in [0.29, 0.717) is 17.0 Å². The van der Waals surface area contributed by atoms with E-state index in [1.54, 1.807) is 24.3 Å². The first-order chi connectivity index (χ1) is 12.8. The minimum Gasteiger partial charge on any atom is -0.482 e. The van der Waals surface area contributed by atoms with Gasteiger partial charge in [0.1, 0.15) is 5.75 Å². The van der Waals surface area contributed by atoms with E-state index >= 15 is 0 Å². The van der Waals surface area contributed by atoms with E-state index in [1.807, 2.05) is 0 Å². The van der Waals surface area contributed by atoms with Gasteiger partial charge in [0, 0.05) is 19.5 Å². The number of amides is 2. The molecule has 0 saturated carbocycles. The van der Waals surface area contributed by atoms with Crippen molar-refractivity contribution in [3.63, 3.8) is 0 Å². The molecule has 2 amide bonds. The minimum atomic E-state index is -4.39. The van der Waals surface area contributed by atoms with Crippen LogP contribution in [0.5, 0.6) is 5.75 Å². The zero-order valence-corrected chi connectivity index (χ0v) is 14.3. The monoisotopic (exact) mass is 378 g/mol. The van der Waals surface area contributed by atoms with Gasteiger partial charge in [0.05, 0.1) is 11.3 Å². The van der Waals surface area contributed by atoms with Crippen molar-refractivity contribution in [3.8, 4) is 5.75 Å². The second-order valence-corrected chi connectivity index (χ2v) is 6.02. The number of carbonyl (C=O) groups is 2. The summed E-state index contributed by atoms with van der Waals surface area (Å²) in [6, 6.07) is 11.7. The molecule has 1 aliphatic rings. The van der Waals surface area contributed by atoms with Gasteiger partial charge in [-0.3, -0.25) is 9.59 Å². The van der Waals surface area contributed by atoms with E-state index in [-0.39, 0.29) is 37.9 Å². The lowest BCUT2D eigenvalue weighted by atomic mass is 10.1. The molecular formula is C19H17F3N2O3. The quantitative estimate of drug-likeness (QED) is 0.870. The first-order valence-electron chi connectivity index (χ1n) is 8.29. The molecular weight excluding hydrogens is 361 g/mol. The lowest BCUT2D eigenvalue weighted by Gasteiger charge is -2.29. The van der Waals surface area contributed by atoms with Crippen molar-refractivity contribution in [1.82, 2.24) is 5.32 Å². The number of hydrogen-bond acceptors (Lipinski definition) is 3. The summed E-state index contributed by atoms with van der Waals surface area (Å²) in [4.78, 5) is 25.6. The fourth-order valence-electron chi connectivity index (χ4n) is 2.71. The highest BCUT2D eigenvalue weighted by Gasteiger charge is 2.30. The second-order valence-electron chi connectivity index (χ2n) is 6.02. The van der Waals surface area contributed by atoms with Crippen LogP contribution in [-0.2, 0) is 22.3 Å². The first-order valence-corrected chi connectivity index (χ1v) is 8.29. The predicted octanol–water partition coefficient (Wildman–Crippen LogP) is 3.14. The Hall–Kier alpha value is -3.03. The zero-order chi connectivity index (χ0) is 19.4. The van der Waals surface area contributed by atoms with E-state index in [4.69, 9.17) is 4.74 Å². The van der Waals surface area contributed by atoms with Crippen LogP contribution in [0, 0.1) is 0 Å². The van der Waals surface area contributed by atoms with Crippen LogP contribution in [0.3, 0.4) is 0 Å². The van der Waals surface area contributed by atoms with Gasteiger partial charge in [0.2, 0.25) is 5.91 Å². The van der Waals surface area contributed by atoms with Crippen LogP contribution in [0.2, 0.25) is 0 Å². The highest BCUT2D eigenvalue weighted by Crippen LogP contribution is 2.31. The van der Waals surface area contributed by atoms with Gasteiger partial charge in [0.15, 0.2) is 6.61 Å². The molecule has 0 spiro atoms. The summed E-state index contributed by atoms with van der Waals surface area (Å²) in [6.07, 6.45) is -4.32. The summed E-state index contributed by atoms with van der Waals surface area (Å²) in [5.41, 5.74) is 0.440. The molecule has 5 nitrogen and oxygen atoms in total. The summed E-state index contributed by atoms with van der Waals surface area (Å²) in [5, 5.41) is 2.65. The molecule has 0 radical (unpaired) electrons. The van der Waals surface area contributed by atoms with E-state index < -0.39 is 11.7 Å². The van der Waals surface area contributed by atoms with Crippen LogP contribution in [0.4, 0.5) is 18.9 Å². The zero-order valence-electron chi connectivity index (χ0n) is 14.3. The van der Waals surface area contributed by atoms with E-state index in [2.05, 4.69) is 5.32 Å². The molecule has 0 aromatic heterocycles. The third-order valence-corrected chi connectivity index (χ3v) is 4.14. The normalized spacial score (nSPS) is 13.7. The Morgan fingerprint density at radius 3 is 2.52 bits per heavy atom. The summed E-state index contributed by atoms with van der Waals surface area (Å²) in [6.45, 7) is 0.229. The molecule has 0 unspecified atom stereocenters. The molecule has 0 saturated heterocycles. The average molecular weight is 378 g/mol. The third-order valence-electron chi connectivity index (χ3n) is 4.14. The molecule has 0 fully saturated rings. The summed E-state index contributed by atoms with van der Waals surface area (Å²) >= 11 is 0. The molecule has 1 aliphatic heterocycles. The number of hydrogen-bond donors (Lipinski definition) is 1. The van der Waals surface area contributed by atoms with E-state index in [1.165, 1.54) is 17.0 Å². The largest absolute Gasteiger partial charge is 0.482 e. The molecule has 3 rings (SSSR count). The molecule has 8 heteroatoms. The number of halogens is 3. The van der Waals surface area contributed by atoms with Gasteiger partial charge in [-0.15, -0.1) is 0 Å². The van der Waals surface area contributed by atoms with Gasteiger partial charge in [-0.05, 0) is 29.8 Å². The second kappa shape index (κ2) is 7.69. The number of alkyl halides is 3. The van der Waals surface area contributed by atoms with Gasteiger partial charge < -0.3 is 15.0 Å². The maximum Gasteiger partial charge on any atom is 0.416 e. The van der Waals surface area contributed by atoms with Crippen LogP contribution >= 0.6 is 0 Å². The molecule has 1 N–H and O–H groups in total. The lowest BCUT2D eigenvalue weighted by Crippen LogP contribution is -2.41. The van der Waals surface area contributed by atoms with Crippen LogP contribution in [0.1, 0.15) is 17.5 Å². The van der Waals surface area contributed by atoms with Gasteiger partial charge in [-0.2, -0.15) is 13.2 Å². The van der Waals surface area contributed by atoms with Crippen molar-refractivity contribution >= 4 is 17.5 Å². The lowest BCUT2D eigenvalue weighted by molar-refractivity contribution is -0.137. The highest BCUT2D eigenvalue weighted by atomic mass is 19.4. The smallest absolute Gasteiger partial charge is 0.416 e. The van der Waals surface area contributed by atoms with Crippen molar-refractivity contribution in [3.05, 3.63) is 59.7 Å². The fraction of sp³-hybridized carbons (Fsp3) is 0.263. The fourth-order valence-corrected chi connectivity index (χ4v) is 2.71. The number of fused-ring (bicyclic) bond motifs is 1. The van der Waals surface area contributed by atoms with Gasteiger partial charge >= 0.3 is 6.18 Å². The number of ether oxygens (including phenoxy) is 1. The number of nitrogens with one attached hydrogen (secondary N) is 1. The Morgan fingerprint density at radius 1 is 1.11 bits per heavy atom. The molecule has 2 aromatic carbocycles. The topological polar surface area (TPSA) is 58.6 Å². The van der Waals surface area contributed by atoms with E-state index in [9.17, 15) is 22.8 Å². The Labute approximate surface area is 153 Å². The predicted molar refractivity (Wildman–Crippen MR) is 92.2 cm³/mol. The number of nitrogens with zero attached hydrogens (tertiary/aromatic N) is 1. The Balaban J connectivity index is 1.52. The van der Waals surface area contributed by atoms with Crippen molar-refractivity contribution in [1.29, 1.82) is 0 Å². The van der Waals surface area contributed by atoms with Crippen LogP contribution in [-0.4, -0.2) is 25.0 Å². The standard InChI is InChI=1S/C19H17F3N2O3/c20-19(21,22)14-7-5-13(6-8-14)11-23-17(25)9-10-24-15-3-1-2-4-16(15)27-12-18(24)26/h1-8H,9-12H2,(H,23,25). The maximum atomic E-state index is 12.5. The number of para-hydroxylation sites is 2. The Bertz CT molecular complexity index is 835. The van der Waals surface area contributed by atoms with Crippen molar-refractivity contribution < 1.29 is 27.5 Å².